The smallest absolute Gasteiger partial charge is 0.377 e. The predicted molar refractivity (Wildman–Crippen MR) is 184 cm³/mol. The van der Waals surface area contributed by atoms with Gasteiger partial charge in [0.05, 0.1) is 31.4 Å². The number of aromatic nitrogens is 3. The lowest BCUT2D eigenvalue weighted by Crippen LogP contribution is -2.53. The molecule has 2 N–H and O–H groups in total. The van der Waals surface area contributed by atoms with Crippen LogP contribution in [0.1, 0.15) is 91.1 Å². The number of rotatable bonds is 9. The summed E-state index contributed by atoms with van der Waals surface area (Å²) in [6, 6.07) is 8.95. The number of carbonyl (C=O) groups excluding carboxylic acids is 2. The summed E-state index contributed by atoms with van der Waals surface area (Å²) >= 11 is 0. The molecule has 8 rings (SSSR count). The lowest BCUT2D eigenvalue weighted by atomic mass is 9.83. The topological polar surface area (TPSA) is 122 Å². The number of nitrogens with one attached hydrogen (secondary N) is 2. The molecule has 0 bridgehead atoms. The molecule has 2 saturated heterocycles. The van der Waals surface area contributed by atoms with Crippen LogP contribution in [0.25, 0.3) is 11.1 Å². The van der Waals surface area contributed by atoms with Gasteiger partial charge in [-0.25, -0.2) is 15.0 Å². The maximum Gasteiger partial charge on any atom is 0.433 e. The fourth-order valence-corrected chi connectivity index (χ4v) is 7.85. The number of anilines is 1. The van der Waals surface area contributed by atoms with Gasteiger partial charge in [0.2, 0.25) is 5.91 Å². The molecule has 2 aromatic heterocycles. The number of halogens is 3. The predicted octanol–water partition coefficient (Wildman–Crippen LogP) is 5.37. The SMILES string of the molecule is Cc1nc(CC(=O)NC2COC2)nc(C)c1-c1ccc(CC2CC2)c(N2CC[C@]3(C[C@@H]2C)N=C(c2ccc(C(F)(F)F)nc2C2CC2)NC3=O)c1. The molecule has 2 atom stereocenters. The van der Waals surface area contributed by atoms with E-state index >= 15 is 0 Å². The Morgan fingerprint density at radius 2 is 1.80 bits per heavy atom. The maximum absolute atomic E-state index is 13.7. The minimum absolute atomic E-state index is 0.0464. The number of pyridine rings is 1. The van der Waals surface area contributed by atoms with Crippen molar-refractivity contribution in [3.05, 3.63) is 70.1 Å². The van der Waals surface area contributed by atoms with Crippen LogP contribution in [0.2, 0.25) is 0 Å². The van der Waals surface area contributed by atoms with E-state index in [2.05, 4.69) is 45.6 Å². The summed E-state index contributed by atoms with van der Waals surface area (Å²) < 4.78 is 45.7. The highest BCUT2D eigenvalue weighted by molar-refractivity contribution is 6.16. The van der Waals surface area contributed by atoms with Crippen molar-refractivity contribution in [3.8, 4) is 11.1 Å². The fraction of sp³-hybridized carbons (Fsp3) is 0.526. The Morgan fingerprint density at radius 1 is 1.06 bits per heavy atom. The number of aryl methyl sites for hydroxylation is 2. The first-order valence-corrected chi connectivity index (χ1v) is 18.0. The summed E-state index contributed by atoms with van der Waals surface area (Å²) in [7, 11) is 0. The number of nitrogens with zero attached hydrogens (tertiary/aromatic N) is 5. The summed E-state index contributed by atoms with van der Waals surface area (Å²) in [5, 5.41) is 5.88. The molecule has 3 aromatic rings. The van der Waals surface area contributed by atoms with E-state index in [9.17, 15) is 22.8 Å². The van der Waals surface area contributed by atoms with Crippen molar-refractivity contribution in [3.63, 3.8) is 0 Å². The molecule has 10 nitrogen and oxygen atoms in total. The third-order valence-corrected chi connectivity index (χ3v) is 10.9. The molecule has 51 heavy (non-hydrogen) atoms. The van der Waals surface area contributed by atoms with Crippen LogP contribution in [-0.4, -0.2) is 70.0 Å². The third kappa shape index (κ3) is 6.72. The first-order valence-electron chi connectivity index (χ1n) is 18.0. The van der Waals surface area contributed by atoms with Gasteiger partial charge < -0.3 is 20.3 Å². The van der Waals surface area contributed by atoms with Crippen molar-refractivity contribution < 1.29 is 27.5 Å². The second-order valence-electron chi connectivity index (χ2n) is 15.0. The molecular weight excluding hydrogens is 659 g/mol. The second-order valence-corrected chi connectivity index (χ2v) is 15.0. The molecular formula is C38H42F3N7O3. The van der Waals surface area contributed by atoms with Crippen molar-refractivity contribution in [2.75, 3.05) is 24.7 Å². The van der Waals surface area contributed by atoms with E-state index in [0.29, 0.717) is 61.4 Å². The Morgan fingerprint density at radius 3 is 2.43 bits per heavy atom. The van der Waals surface area contributed by atoms with Gasteiger partial charge in [-0.15, -0.1) is 0 Å². The van der Waals surface area contributed by atoms with Crippen LogP contribution in [0.5, 0.6) is 0 Å². The van der Waals surface area contributed by atoms with E-state index in [1.165, 1.54) is 24.5 Å². The standard InChI is InChI=1S/C38H42F3N7O3/c1-20-17-37(36(50)46-35(47-37)28-10-11-30(38(39,40)41)45-34(28)24-6-7-24)12-13-48(20)29-15-26(9-8-25(29)14-23-4-5-23)33-21(2)42-31(43-22(33)3)16-32(49)44-27-18-51-19-27/h8-11,15,20,23-24,27H,4-7,12-14,16-19H2,1-3H3,(H,44,49)(H,46,47,50)/t20-,37+/m0/s1. The number of benzene rings is 1. The van der Waals surface area contributed by atoms with Gasteiger partial charge in [-0.3, -0.25) is 14.6 Å². The molecule has 2 saturated carbocycles. The normalized spacial score (nSPS) is 23.6. The number of carbonyl (C=O) groups is 2. The van der Waals surface area contributed by atoms with Crippen molar-refractivity contribution >= 4 is 23.3 Å². The summed E-state index contributed by atoms with van der Waals surface area (Å²) in [4.78, 5) is 47.0. The van der Waals surface area contributed by atoms with E-state index in [1.54, 1.807) is 0 Å². The zero-order valence-electron chi connectivity index (χ0n) is 29.1. The third-order valence-electron chi connectivity index (χ3n) is 10.9. The average molecular weight is 702 g/mol. The van der Waals surface area contributed by atoms with Crippen LogP contribution in [0, 0.1) is 19.8 Å². The Hall–Kier alpha value is -4.39. The molecule has 13 heteroatoms. The van der Waals surface area contributed by atoms with Gasteiger partial charge in [-0.1, -0.05) is 12.1 Å². The number of alkyl halides is 3. The van der Waals surface area contributed by atoms with Gasteiger partial charge in [-0.2, -0.15) is 13.2 Å². The Bertz CT molecular complexity index is 1910. The molecule has 0 unspecified atom stereocenters. The molecule has 2 aliphatic carbocycles. The van der Waals surface area contributed by atoms with Crippen LogP contribution in [-0.2, 0) is 33.3 Å². The molecule has 1 spiro atoms. The van der Waals surface area contributed by atoms with E-state index in [1.807, 2.05) is 13.8 Å². The number of ether oxygens (including phenoxy) is 1. The minimum Gasteiger partial charge on any atom is -0.377 e. The second kappa shape index (κ2) is 12.7. The van der Waals surface area contributed by atoms with Crippen LogP contribution < -0.4 is 15.5 Å². The summed E-state index contributed by atoms with van der Waals surface area (Å²) in [5.41, 5.74) is 4.85. The Balaban J connectivity index is 1.06. The summed E-state index contributed by atoms with van der Waals surface area (Å²) in [5.74, 6) is 1.08. The zero-order chi connectivity index (χ0) is 35.7. The lowest BCUT2D eigenvalue weighted by Gasteiger charge is -2.43. The maximum atomic E-state index is 13.7. The molecule has 3 aliphatic heterocycles. The fourth-order valence-electron chi connectivity index (χ4n) is 7.85. The zero-order valence-corrected chi connectivity index (χ0v) is 29.1. The Labute approximate surface area is 294 Å². The number of hydrogen-bond donors (Lipinski definition) is 2. The van der Waals surface area contributed by atoms with Gasteiger partial charge >= 0.3 is 6.18 Å². The quantitative estimate of drug-likeness (QED) is 0.308. The molecule has 1 aromatic carbocycles. The van der Waals surface area contributed by atoms with Gasteiger partial charge in [0.1, 0.15) is 22.9 Å². The Kier molecular flexibility index (Phi) is 8.39. The van der Waals surface area contributed by atoms with Crippen molar-refractivity contribution in [2.45, 2.75) is 102 Å². The molecule has 5 aliphatic rings. The van der Waals surface area contributed by atoms with Crippen molar-refractivity contribution in [2.24, 2.45) is 10.9 Å². The molecule has 2 amide bonds. The van der Waals surface area contributed by atoms with Crippen LogP contribution in [0.3, 0.4) is 0 Å². The highest BCUT2D eigenvalue weighted by atomic mass is 19.4. The monoisotopic (exact) mass is 701 g/mol. The van der Waals surface area contributed by atoms with Gasteiger partial charge in [-0.05, 0) is 94.5 Å². The number of aliphatic imine (C=N–C) groups is 1. The lowest BCUT2D eigenvalue weighted by molar-refractivity contribution is -0.141. The van der Waals surface area contributed by atoms with E-state index in [-0.39, 0.29) is 36.2 Å². The molecule has 268 valence electrons. The van der Waals surface area contributed by atoms with Gasteiger partial charge in [0.15, 0.2) is 0 Å². The van der Waals surface area contributed by atoms with Crippen LogP contribution in [0.15, 0.2) is 35.3 Å². The van der Waals surface area contributed by atoms with Gasteiger partial charge in [0, 0.05) is 53.1 Å². The number of hydrogen-bond acceptors (Lipinski definition) is 8. The van der Waals surface area contributed by atoms with E-state index in [4.69, 9.17) is 19.7 Å². The van der Waals surface area contributed by atoms with Crippen LogP contribution in [0.4, 0.5) is 18.9 Å². The van der Waals surface area contributed by atoms with Crippen LogP contribution >= 0.6 is 0 Å². The molecule has 5 heterocycles. The molecule has 4 fully saturated rings. The first kappa shape index (κ1) is 33.7. The number of amidine groups is 1. The largest absolute Gasteiger partial charge is 0.433 e. The van der Waals surface area contributed by atoms with Gasteiger partial charge in [0.25, 0.3) is 5.91 Å². The average Bonchev–Trinajstić information content (AvgIpc) is 3.99. The van der Waals surface area contributed by atoms with Crippen molar-refractivity contribution in [1.29, 1.82) is 0 Å². The van der Waals surface area contributed by atoms with E-state index in [0.717, 1.165) is 53.5 Å². The first-order chi connectivity index (χ1) is 24.4. The minimum atomic E-state index is -4.54. The molecule has 0 radical (unpaired) electrons. The number of amides is 2. The highest BCUT2D eigenvalue weighted by Crippen LogP contribution is 2.45. The van der Waals surface area contributed by atoms with E-state index < -0.39 is 17.4 Å². The van der Waals surface area contributed by atoms with Crippen molar-refractivity contribution in [1.82, 2.24) is 25.6 Å². The highest BCUT2D eigenvalue weighted by Gasteiger charge is 2.49. The summed E-state index contributed by atoms with van der Waals surface area (Å²) in [6.07, 6.45) is 1.44. The summed E-state index contributed by atoms with van der Waals surface area (Å²) in [6.45, 7) is 7.66. The number of piperidine rings is 1.